The Bertz CT molecular complexity index is 838. The second-order valence-electron chi connectivity index (χ2n) is 5.72. The van der Waals surface area contributed by atoms with Gasteiger partial charge in [0, 0.05) is 18.9 Å². The maximum absolute atomic E-state index is 12.5. The molecular formula is C18H17N3O2. The first-order valence-corrected chi connectivity index (χ1v) is 7.64. The summed E-state index contributed by atoms with van der Waals surface area (Å²) in [6.45, 7) is 0.610. The van der Waals surface area contributed by atoms with Crippen LogP contribution in [0.5, 0.6) is 5.75 Å². The molecule has 1 atom stereocenters. The zero-order valence-corrected chi connectivity index (χ0v) is 12.8. The molecule has 1 saturated heterocycles. The fraction of sp³-hybridized carbons (Fsp3) is 0.222. The average Bonchev–Trinajstić information content (AvgIpc) is 3.18. The minimum absolute atomic E-state index is 0.0693. The standard InChI is InChI=1S/C18H17N3O2/c1-23-16-9-5-4-8-15(16)21-11-12(10-17(21)22)18-19-13-6-2-3-7-14(13)20-18/h2-9,12H,10-11H2,1H3,(H,19,20)/t12-/m1/s1. The van der Waals surface area contributed by atoms with Gasteiger partial charge in [-0.15, -0.1) is 0 Å². The number of hydrogen-bond donors (Lipinski definition) is 1. The lowest BCUT2D eigenvalue weighted by Crippen LogP contribution is -2.24. The molecule has 4 rings (SSSR count). The first-order valence-electron chi connectivity index (χ1n) is 7.64. The van der Waals surface area contributed by atoms with Crippen molar-refractivity contribution in [2.45, 2.75) is 12.3 Å². The van der Waals surface area contributed by atoms with Crippen molar-refractivity contribution in [3.63, 3.8) is 0 Å². The van der Waals surface area contributed by atoms with Gasteiger partial charge in [0.05, 0.1) is 23.8 Å². The third kappa shape index (κ3) is 2.34. The molecule has 1 amide bonds. The van der Waals surface area contributed by atoms with Crippen molar-refractivity contribution in [3.05, 3.63) is 54.4 Å². The van der Waals surface area contributed by atoms with Gasteiger partial charge in [-0.1, -0.05) is 24.3 Å². The number of carbonyl (C=O) groups is 1. The Morgan fingerprint density at radius 3 is 2.78 bits per heavy atom. The number of amides is 1. The van der Waals surface area contributed by atoms with Gasteiger partial charge in [-0.2, -0.15) is 0 Å². The topological polar surface area (TPSA) is 58.2 Å². The van der Waals surface area contributed by atoms with Gasteiger partial charge in [0.2, 0.25) is 5.91 Å². The van der Waals surface area contributed by atoms with Crippen molar-refractivity contribution in [1.82, 2.24) is 9.97 Å². The van der Waals surface area contributed by atoms with Gasteiger partial charge < -0.3 is 14.6 Å². The van der Waals surface area contributed by atoms with Gasteiger partial charge in [-0.3, -0.25) is 4.79 Å². The van der Waals surface area contributed by atoms with Crippen LogP contribution in [0.3, 0.4) is 0 Å². The number of ether oxygens (including phenoxy) is 1. The SMILES string of the molecule is COc1ccccc1N1C[C@H](c2nc3ccccc3[nH]2)CC1=O. The van der Waals surface area contributed by atoms with Gasteiger partial charge in [0.25, 0.3) is 0 Å². The van der Waals surface area contributed by atoms with E-state index in [1.165, 1.54) is 0 Å². The van der Waals surface area contributed by atoms with Gasteiger partial charge in [0.15, 0.2) is 0 Å². The molecule has 23 heavy (non-hydrogen) atoms. The van der Waals surface area contributed by atoms with Crippen molar-refractivity contribution in [1.29, 1.82) is 0 Å². The Morgan fingerprint density at radius 2 is 1.96 bits per heavy atom. The number of H-pyrrole nitrogens is 1. The minimum atomic E-state index is 0.0693. The smallest absolute Gasteiger partial charge is 0.227 e. The zero-order chi connectivity index (χ0) is 15.8. The van der Waals surface area contributed by atoms with Crippen molar-refractivity contribution >= 4 is 22.6 Å². The number of rotatable bonds is 3. The number of aromatic amines is 1. The van der Waals surface area contributed by atoms with Crippen LogP contribution in [0.1, 0.15) is 18.2 Å². The number of methoxy groups -OCH3 is 1. The van der Waals surface area contributed by atoms with Crippen LogP contribution in [0.2, 0.25) is 0 Å². The third-order valence-corrected chi connectivity index (χ3v) is 4.30. The number of imidazole rings is 1. The maximum Gasteiger partial charge on any atom is 0.227 e. The second-order valence-corrected chi connectivity index (χ2v) is 5.72. The first kappa shape index (κ1) is 13.8. The summed E-state index contributed by atoms with van der Waals surface area (Å²) in [5.74, 6) is 1.75. The van der Waals surface area contributed by atoms with Crippen LogP contribution in [-0.4, -0.2) is 29.5 Å². The molecule has 5 heteroatoms. The monoisotopic (exact) mass is 307 g/mol. The summed E-state index contributed by atoms with van der Waals surface area (Å²) in [6, 6.07) is 15.5. The number of fused-ring (bicyclic) bond motifs is 1. The summed E-state index contributed by atoms with van der Waals surface area (Å²) in [5, 5.41) is 0. The van der Waals surface area contributed by atoms with Gasteiger partial charge >= 0.3 is 0 Å². The van der Waals surface area contributed by atoms with Crippen molar-refractivity contribution in [3.8, 4) is 5.75 Å². The molecule has 3 aromatic rings. The minimum Gasteiger partial charge on any atom is -0.495 e. The molecule has 1 N–H and O–H groups in total. The molecule has 0 aliphatic carbocycles. The Kier molecular flexibility index (Phi) is 3.26. The van der Waals surface area contributed by atoms with Crippen LogP contribution >= 0.6 is 0 Å². The highest BCUT2D eigenvalue weighted by molar-refractivity contribution is 5.97. The zero-order valence-electron chi connectivity index (χ0n) is 12.8. The lowest BCUT2D eigenvalue weighted by molar-refractivity contribution is -0.117. The number of para-hydroxylation sites is 4. The molecule has 1 aromatic heterocycles. The van der Waals surface area contributed by atoms with E-state index >= 15 is 0 Å². The Balaban J connectivity index is 1.65. The lowest BCUT2D eigenvalue weighted by atomic mass is 10.1. The highest BCUT2D eigenvalue weighted by Crippen LogP contribution is 2.35. The molecule has 0 unspecified atom stereocenters. The van der Waals surface area contributed by atoms with Crippen LogP contribution in [0.4, 0.5) is 5.69 Å². The molecular weight excluding hydrogens is 290 g/mol. The van der Waals surface area contributed by atoms with Crippen LogP contribution in [0.25, 0.3) is 11.0 Å². The quantitative estimate of drug-likeness (QED) is 0.809. The summed E-state index contributed by atoms with van der Waals surface area (Å²) < 4.78 is 5.38. The number of benzene rings is 2. The fourth-order valence-electron chi connectivity index (χ4n) is 3.14. The predicted molar refractivity (Wildman–Crippen MR) is 88.8 cm³/mol. The van der Waals surface area contributed by atoms with Gasteiger partial charge in [-0.05, 0) is 24.3 Å². The molecule has 0 bridgehead atoms. The summed E-state index contributed by atoms with van der Waals surface area (Å²) in [5.41, 5.74) is 2.76. The van der Waals surface area contributed by atoms with E-state index < -0.39 is 0 Å². The number of hydrogen-bond acceptors (Lipinski definition) is 3. The van der Waals surface area contributed by atoms with E-state index in [1.807, 2.05) is 48.5 Å². The summed E-state index contributed by atoms with van der Waals surface area (Å²) in [7, 11) is 1.62. The van der Waals surface area contributed by atoms with E-state index in [0.29, 0.717) is 18.7 Å². The van der Waals surface area contributed by atoms with E-state index in [4.69, 9.17) is 4.74 Å². The highest BCUT2D eigenvalue weighted by Gasteiger charge is 2.34. The summed E-state index contributed by atoms with van der Waals surface area (Å²) in [6.07, 6.45) is 0.456. The van der Waals surface area contributed by atoms with Crippen molar-refractivity contribution < 1.29 is 9.53 Å². The molecule has 116 valence electrons. The van der Waals surface area contributed by atoms with E-state index in [1.54, 1.807) is 12.0 Å². The number of nitrogens with one attached hydrogen (secondary N) is 1. The Hall–Kier alpha value is -2.82. The molecule has 5 nitrogen and oxygen atoms in total. The molecule has 0 radical (unpaired) electrons. The number of carbonyl (C=O) groups excluding carboxylic acids is 1. The lowest BCUT2D eigenvalue weighted by Gasteiger charge is -2.19. The van der Waals surface area contributed by atoms with E-state index in [9.17, 15) is 4.79 Å². The molecule has 2 aromatic carbocycles. The number of anilines is 1. The molecule has 1 aliphatic heterocycles. The van der Waals surface area contributed by atoms with E-state index in [-0.39, 0.29) is 11.8 Å². The Morgan fingerprint density at radius 1 is 1.17 bits per heavy atom. The Labute approximate surface area is 133 Å². The molecule has 1 aliphatic rings. The molecule has 0 saturated carbocycles. The van der Waals surface area contributed by atoms with Crippen LogP contribution < -0.4 is 9.64 Å². The highest BCUT2D eigenvalue weighted by atomic mass is 16.5. The number of aromatic nitrogens is 2. The van der Waals surface area contributed by atoms with Crippen LogP contribution in [0.15, 0.2) is 48.5 Å². The molecule has 1 fully saturated rings. The molecule has 0 spiro atoms. The summed E-state index contributed by atoms with van der Waals surface area (Å²) in [4.78, 5) is 22.2. The first-order chi connectivity index (χ1) is 11.3. The molecule has 2 heterocycles. The van der Waals surface area contributed by atoms with Gasteiger partial charge in [-0.25, -0.2) is 4.98 Å². The normalized spacial score (nSPS) is 17.9. The van der Waals surface area contributed by atoms with E-state index in [2.05, 4.69) is 9.97 Å². The van der Waals surface area contributed by atoms with E-state index in [0.717, 1.165) is 22.5 Å². The van der Waals surface area contributed by atoms with Crippen LogP contribution in [-0.2, 0) is 4.79 Å². The largest absolute Gasteiger partial charge is 0.495 e. The third-order valence-electron chi connectivity index (χ3n) is 4.30. The number of nitrogens with zero attached hydrogens (tertiary/aromatic N) is 2. The maximum atomic E-state index is 12.5. The van der Waals surface area contributed by atoms with Crippen LogP contribution in [0, 0.1) is 0 Å². The second kappa shape index (κ2) is 5.43. The predicted octanol–water partition coefficient (Wildman–Crippen LogP) is 3.09. The van der Waals surface area contributed by atoms with Crippen molar-refractivity contribution in [2.75, 3.05) is 18.6 Å². The van der Waals surface area contributed by atoms with Gasteiger partial charge in [0.1, 0.15) is 11.6 Å². The fourth-order valence-corrected chi connectivity index (χ4v) is 3.14. The van der Waals surface area contributed by atoms with Crippen molar-refractivity contribution in [2.24, 2.45) is 0 Å². The summed E-state index contributed by atoms with van der Waals surface area (Å²) >= 11 is 0. The average molecular weight is 307 g/mol.